The van der Waals surface area contributed by atoms with E-state index in [4.69, 9.17) is 5.84 Å². The maximum absolute atomic E-state index is 5.89. The minimum atomic E-state index is 0.0113. The Morgan fingerprint density at radius 2 is 2.00 bits per heavy atom. The van der Waals surface area contributed by atoms with Gasteiger partial charge in [-0.1, -0.05) is 24.5 Å². The highest BCUT2D eigenvalue weighted by molar-refractivity contribution is 9.10. The second-order valence-corrected chi connectivity index (χ2v) is 6.30. The van der Waals surface area contributed by atoms with Crippen molar-refractivity contribution in [2.24, 2.45) is 12.9 Å². The van der Waals surface area contributed by atoms with Crippen LogP contribution in [0.2, 0.25) is 0 Å². The number of halogens is 1. The second-order valence-electron chi connectivity index (χ2n) is 5.55. The van der Waals surface area contributed by atoms with Gasteiger partial charge in [-0.05, 0) is 42.9 Å². The summed E-state index contributed by atoms with van der Waals surface area (Å²) in [6.07, 6.45) is 6.04. The molecule has 0 radical (unpaired) electrons. The van der Waals surface area contributed by atoms with Crippen molar-refractivity contribution in [2.45, 2.75) is 43.7 Å². The number of aryl methyl sites for hydroxylation is 1. The first-order valence-corrected chi connectivity index (χ1v) is 7.51. The Bertz CT molecular complexity index is 404. The molecule has 3 N–H and O–H groups in total. The number of nitrogens with one attached hydrogen (secondary N) is 1. The van der Waals surface area contributed by atoms with Gasteiger partial charge in [-0.2, -0.15) is 0 Å². The van der Waals surface area contributed by atoms with Crippen molar-refractivity contribution in [3.8, 4) is 0 Å². The minimum Gasteiger partial charge on any atom is -0.302 e. The van der Waals surface area contributed by atoms with E-state index in [9.17, 15) is 0 Å². The molecule has 1 aromatic rings. The summed E-state index contributed by atoms with van der Waals surface area (Å²) in [6.45, 7) is 0. The van der Waals surface area contributed by atoms with Gasteiger partial charge in [0.1, 0.15) is 0 Å². The van der Waals surface area contributed by atoms with Crippen LogP contribution in [0.5, 0.6) is 0 Å². The van der Waals surface area contributed by atoms with Gasteiger partial charge in [0, 0.05) is 12.6 Å². The summed E-state index contributed by atoms with van der Waals surface area (Å²) in [5.74, 6) is 5.89. The summed E-state index contributed by atoms with van der Waals surface area (Å²) in [5, 5.41) is 8.16. The molecular formula is C12H23BrN6. The van der Waals surface area contributed by atoms with Crippen molar-refractivity contribution in [3.63, 3.8) is 0 Å². The van der Waals surface area contributed by atoms with Crippen molar-refractivity contribution < 1.29 is 0 Å². The fourth-order valence-electron chi connectivity index (χ4n) is 3.29. The highest BCUT2D eigenvalue weighted by Gasteiger charge is 2.44. The molecule has 0 aliphatic heterocycles. The molecule has 1 atom stereocenters. The van der Waals surface area contributed by atoms with Crippen LogP contribution in [-0.4, -0.2) is 39.5 Å². The van der Waals surface area contributed by atoms with Crippen LogP contribution in [0.25, 0.3) is 0 Å². The number of hydrogen-bond acceptors (Lipinski definition) is 5. The number of rotatable bonds is 4. The van der Waals surface area contributed by atoms with E-state index in [1.807, 2.05) is 7.05 Å². The number of hydrogen-bond donors (Lipinski definition) is 2. The Labute approximate surface area is 122 Å². The lowest BCUT2D eigenvalue weighted by atomic mass is 9.74. The Morgan fingerprint density at radius 1 is 1.37 bits per heavy atom. The molecule has 1 aliphatic rings. The zero-order valence-corrected chi connectivity index (χ0v) is 13.4. The summed E-state index contributed by atoms with van der Waals surface area (Å²) < 4.78 is 2.57. The normalized spacial score (nSPS) is 20.7. The molecule has 6 nitrogen and oxygen atoms in total. The van der Waals surface area contributed by atoms with E-state index in [-0.39, 0.29) is 11.6 Å². The van der Waals surface area contributed by atoms with Gasteiger partial charge < -0.3 is 4.90 Å². The average molecular weight is 331 g/mol. The van der Waals surface area contributed by atoms with Gasteiger partial charge in [0.15, 0.2) is 4.60 Å². The molecule has 0 bridgehead atoms. The fraction of sp³-hybridized carbons (Fsp3) is 0.833. The summed E-state index contributed by atoms with van der Waals surface area (Å²) >= 11 is 3.49. The molecule has 1 fully saturated rings. The van der Waals surface area contributed by atoms with E-state index in [1.54, 1.807) is 4.68 Å². The number of aromatic nitrogens is 3. The average Bonchev–Trinajstić information content (AvgIpc) is 2.72. The van der Waals surface area contributed by atoms with Gasteiger partial charge in [-0.3, -0.25) is 5.84 Å². The molecule has 108 valence electrons. The third-order valence-electron chi connectivity index (χ3n) is 4.41. The smallest absolute Gasteiger partial charge is 0.153 e. The highest BCUT2D eigenvalue weighted by Crippen LogP contribution is 2.42. The number of nitrogens with two attached hydrogens (primary N) is 1. The molecule has 19 heavy (non-hydrogen) atoms. The maximum atomic E-state index is 5.89. The number of hydrazine groups is 1. The second kappa shape index (κ2) is 5.87. The quantitative estimate of drug-likeness (QED) is 0.644. The Balaban J connectivity index is 2.43. The number of nitrogens with zero attached hydrogens (tertiary/aromatic N) is 4. The van der Waals surface area contributed by atoms with E-state index in [1.165, 1.54) is 19.3 Å². The zero-order chi connectivity index (χ0) is 14.0. The standard InChI is InChI=1S/C12H23BrN6/c1-18(2)12(7-5-4-6-8-12)10(15-14)9-11(13)16-17-19(9)3/h10,15H,4-8,14H2,1-3H3. The molecule has 1 aliphatic carbocycles. The molecule has 0 saturated heterocycles. The summed E-state index contributed by atoms with van der Waals surface area (Å²) in [5.41, 5.74) is 4.04. The monoisotopic (exact) mass is 330 g/mol. The first-order valence-electron chi connectivity index (χ1n) is 6.71. The SMILES string of the molecule is CN(C)C1(C(NN)c2c(Br)nnn2C)CCCCC1. The molecule has 1 unspecified atom stereocenters. The molecule has 1 saturated carbocycles. The summed E-state index contributed by atoms with van der Waals surface area (Å²) in [7, 11) is 6.17. The Hall–Kier alpha value is -0.500. The minimum absolute atomic E-state index is 0.0113. The summed E-state index contributed by atoms with van der Waals surface area (Å²) in [6, 6.07) is 0.0113. The topological polar surface area (TPSA) is 72.0 Å². The molecule has 1 heterocycles. The van der Waals surface area contributed by atoms with Crippen molar-refractivity contribution in [1.82, 2.24) is 25.3 Å². The lowest BCUT2D eigenvalue weighted by molar-refractivity contribution is 0.0531. The van der Waals surface area contributed by atoms with Crippen LogP contribution in [0.1, 0.15) is 43.8 Å². The Morgan fingerprint density at radius 3 is 2.42 bits per heavy atom. The molecule has 2 rings (SSSR count). The molecule has 0 amide bonds. The first-order chi connectivity index (χ1) is 9.03. The van der Waals surface area contributed by atoms with Gasteiger partial charge in [-0.25, -0.2) is 10.1 Å². The van der Waals surface area contributed by atoms with Crippen molar-refractivity contribution in [2.75, 3.05) is 14.1 Å². The van der Waals surface area contributed by atoms with Gasteiger partial charge in [-0.15, -0.1) is 5.10 Å². The third kappa shape index (κ3) is 2.56. The number of likely N-dealkylation sites (N-methyl/N-ethyl adjacent to an activating group) is 1. The zero-order valence-electron chi connectivity index (χ0n) is 11.9. The molecule has 7 heteroatoms. The summed E-state index contributed by atoms with van der Waals surface area (Å²) in [4.78, 5) is 2.30. The van der Waals surface area contributed by atoms with Gasteiger partial charge in [0.25, 0.3) is 0 Å². The first kappa shape index (κ1) is 14.9. The van der Waals surface area contributed by atoms with Crippen molar-refractivity contribution in [1.29, 1.82) is 0 Å². The highest BCUT2D eigenvalue weighted by atomic mass is 79.9. The molecular weight excluding hydrogens is 308 g/mol. The molecule has 0 spiro atoms. The van der Waals surface area contributed by atoms with E-state index in [2.05, 4.69) is 50.7 Å². The van der Waals surface area contributed by atoms with Gasteiger partial charge in [0.05, 0.1) is 11.7 Å². The lowest BCUT2D eigenvalue weighted by Crippen LogP contribution is -2.56. The van der Waals surface area contributed by atoms with Crippen LogP contribution in [-0.2, 0) is 7.05 Å². The predicted molar refractivity (Wildman–Crippen MR) is 78.3 cm³/mol. The van der Waals surface area contributed by atoms with E-state index in [0.29, 0.717) is 0 Å². The van der Waals surface area contributed by atoms with Crippen molar-refractivity contribution in [3.05, 3.63) is 10.3 Å². The third-order valence-corrected chi connectivity index (χ3v) is 4.98. The van der Waals surface area contributed by atoms with Crippen LogP contribution >= 0.6 is 15.9 Å². The van der Waals surface area contributed by atoms with Gasteiger partial charge >= 0.3 is 0 Å². The van der Waals surface area contributed by atoms with E-state index >= 15 is 0 Å². The van der Waals surface area contributed by atoms with E-state index < -0.39 is 0 Å². The largest absolute Gasteiger partial charge is 0.302 e. The van der Waals surface area contributed by atoms with Gasteiger partial charge in [0.2, 0.25) is 0 Å². The fourth-order valence-corrected chi connectivity index (χ4v) is 3.85. The van der Waals surface area contributed by atoms with Crippen molar-refractivity contribution >= 4 is 15.9 Å². The predicted octanol–water partition coefficient (Wildman–Crippen LogP) is 1.35. The van der Waals surface area contributed by atoms with Crippen LogP contribution in [0.15, 0.2) is 4.60 Å². The van der Waals surface area contributed by atoms with E-state index in [0.717, 1.165) is 23.1 Å². The molecule has 0 aromatic carbocycles. The maximum Gasteiger partial charge on any atom is 0.153 e. The lowest BCUT2D eigenvalue weighted by Gasteiger charge is -2.48. The van der Waals surface area contributed by atoms with Crippen LogP contribution in [0, 0.1) is 0 Å². The Kier molecular flexibility index (Phi) is 4.60. The van der Waals surface area contributed by atoms with Crippen LogP contribution in [0.3, 0.4) is 0 Å². The van der Waals surface area contributed by atoms with Crippen LogP contribution < -0.4 is 11.3 Å². The van der Waals surface area contributed by atoms with Crippen LogP contribution in [0.4, 0.5) is 0 Å². The molecule has 1 aromatic heterocycles.